The SMILES string of the molecule is N/C(=N\OC(=O)c1cccnc1)c1cccs1. The molecule has 5 nitrogen and oxygen atoms in total. The van der Waals surface area contributed by atoms with Gasteiger partial charge in [0.1, 0.15) is 0 Å². The third-order valence-electron chi connectivity index (χ3n) is 1.90. The number of pyridine rings is 1. The maximum atomic E-state index is 11.5. The Hall–Kier alpha value is -2.21. The quantitative estimate of drug-likeness (QED) is 0.387. The van der Waals surface area contributed by atoms with Crippen LogP contribution in [0.3, 0.4) is 0 Å². The molecule has 2 aromatic heterocycles. The average molecular weight is 247 g/mol. The molecule has 0 aliphatic rings. The molecule has 2 rings (SSSR count). The molecule has 0 fully saturated rings. The van der Waals surface area contributed by atoms with Gasteiger partial charge in [0, 0.05) is 12.4 Å². The monoisotopic (exact) mass is 247 g/mol. The molecule has 2 heterocycles. The van der Waals surface area contributed by atoms with E-state index in [0.717, 1.165) is 4.88 Å². The van der Waals surface area contributed by atoms with Crippen molar-refractivity contribution in [2.45, 2.75) is 0 Å². The lowest BCUT2D eigenvalue weighted by atomic mass is 10.3. The van der Waals surface area contributed by atoms with Crippen molar-refractivity contribution < 1.29 is 9.63 Å². The Bertz CT molecular complexity index is 523. The Kier molecular flexibility index (Phi) is 3.46. The summed E-state index contributed by atoms with van der Waals surface area (Å²) in [6.45, 7) is 0. The normalized spacial score (nSPS) is 11.2. The number of nitrogens with two attached hydrogens (primary N) is 1. The molecule has 0 unspecified atom stereocenters. The topological polar surface area (TPSA) is 77.6 Å². The molecule has 0 saturated carbocycles. The van der Waals surface area contributed by atoms with E-state index in [0.29, 0.717) is 5.56 Å². The maximum Gasteiger partial charge on any atom is 0.367 e. The summed E-state index contributed by atoms with van der Waals surface area (Å²) in [5, 5.41) is 5.43. The van der Waals surface area contributed by atoms with Crippen LogP contribution in [0, 0.1) is 0 Å². The van der Waals surface area contributed by atoms with E-state index in [1.165, 1.54) is 17.5 Å². The lowest BCUT2D eigenvalue weighted by Crippen LogP contribution is -2.13. The fourth-order valence-corrected chi connectivity index (χ4v) is 1.72. The van der Waals surface area contributed by atoms with Crippen molar-refractivity contribution in [2.24, 2.45) is 10.9 Å². The molecule has 0 radical (unpaired) electrons. The van der Waals surface area contributed by atoms with Crippen LogP contribution in [0.2, 0.25) is 0 Å². The van der Waals surface area contributed by atoms with Gasteiger partial charge in [-0.15, -0.1) is 11.3 Å². The van der Waals surface area contributed by atoms with Gasteiger partial charge in [-0.3, -0.25) is 4.98 Å². The van der Waals surface area contributed by atoms with E-state index in [1.54, 1.807) is 24.4 Å². The molecule has 0 spiro atoms. The number of aromatic nitrogens is 1. The summed E-state index contributed by atoms with van der Waals surface area (Å²) >= 11 is 1.42. The minimum Gasteiger partial charge on any atom is -0.380 e. The molecule has 2 aromatic rings. The summed E-state index contributed by atoms with van der Waals surface area (Å²) in [6.07, 6.45) is 2.97. The fourth-order valence-electron chi connectivity index (χ4n) is 1.10. The van der Waals surface area contributed by atoms with Crippen LogP contribution in [0.1, 0.15) is 15.2 Å². The first-order valence-corrected chi connectivity index (χ1v) is 5.64. The van der Waals surface area contributed by atoms with E-state index in [1.807, 2.05) is 11.4 Å². The summed E-state index contributed by atoms with van der Waals surface area (Å²) in [5.41, 5.74) is 5.96. The minimum atomic E-state index is -0.586. The molecule has 86 valence electrons. The van der Waals surface area contributed by atoms with Crippen LogP contribution in [-0.4, -0.2) is 16.8 Å². The highest BCUT2D eigenvalue weighted by Crippen LogP contribution is 2.08. The molecule has 0 aromatic carbocycles. The van der Waals surface area contributed by atoms with Gasteiger partial charge >= 0.3 is 5.97 Å². The van der Waals surface area contributed by atoms with Crippen LogP contribution in [0.5, 0.6) is 0 Å². The Morgan fingerprint density at radius 2 is 2.29 bits per heavy atom. The molecule has 0 amide bonds. The van der Waals surface area contributed by atoms with Gasteiger partial charge in [-0.1, -0.05) is 11.2 Å². The fraction of sp³-hybridized carbons (Fsp3) is 0. The highest BCUT2D eigenvalue weighted by Gasteiger charge is 2.07. The van der Waals surface area contributed by atoms with Gasteiger partial charge in [0.15, 0.2) is 5.84 Å². The number of nitrogens with zero attached hydrogens (tertiary/aromatic N) is 2. The summed E-state index contributed by atoms with van der Waals surface area (Å²) in [7, 11) is 0. The van der Waals surface area contributed by atoms with Gasteiger partial charge in [0.2, 0.25) is 0 Å². The first-order chi connectivity index (χ1) is 8.27. The van der Waals surface area contributed by atoms with Crippen molar-refractivity contribution in [2.75, 3.05) is 0 Å². The second-order valence-corrected chi connectivity index (χ2v) is 4.02. The van der Waals surface area contributed by atoms with Gasteiger partial charge in [-0.25, -0.2) is 4.79 Å². The third kappa shape index (κ3) is 2.88. The Labute approximate surface area is 102 Å². The van der Waals surface area contributed by atoms with Crippen LogP contribution >= 0.6 is 11.3 Å². The zero-order valence-corrected chi connectivity index (χ0v) is 9.55. The summed E-state index contributed by atoms with van der Waals surface area (Å²) in [6, 6.07) is 6.86. The second-order valence-electron chi connectivity index (χ2n) is 3.07. The number of thiophene rings is 1. The zero-order valence-electron chi connectivity index (χ0n) is 8.74. The number of carbonyl (C=O) groups excluding carboxylic acids is 1. The molecule has 6 heteroatoms. The average Bonchev–Trinajstić information content (AvgIpc) is 2.90. The van der Waals surface area contributed by atoms with E-state index in [-0.39, 0.29) is 5.84 Å². The zero-order chi connectivity index (χ0) is 12.1. The van der Waals surface area contributed by atoms with Gasteiger partial charge in [-0.05, 0) is 23.6 Å². The highest BCUT2D eigenvalue weighted by atomic mass is 32.1. The molecule has 0 atom stereocenters. The van der Waals surface area contributed by atoms with Crippen LogP contribution in [-0.2, 0) is 4.84 Å². The lowest BCUT2D eigenvalue weighted by Gasteiger charge is -1.98. The van der Waals surface area contributed by atoms with Crippen LogP contribution in [0.4, 0.5) is 0 Å². The molecule has 0 aliphatic heterocycles. The second kappa shape index (κ2) is 5.22. The number of oxime groups is 1. The highest BCUT2D eigenvalue weighted by molar-refractivity contribution is 7.12. The summed E-state index contributed by atoms with van der Waals surface area (Å²) < 4.78 is 0. The van der Waals surface area contributed by atoms with Gasteiger partial charge in [-0.2, -0.15) is 0 Å². The standard InChI is InChI=1S/C11H9N3O2S/c12-10(9-4-2-6-17-9)14-16-11(15)8-3-1-5-13-7-8/h1-7H,(H2,12,14). The number of carbonyl (C=O) groups is 1. The molecular weight excluding hydrogens is 238 g/mol. The predicted molar refractivity (Wildman–Crippen MR) is 64.7 cm³/mol. The minimum absolute atomic E-state index is 0.178. The van der Waals surface area contributed by atoms with E-state index in [2.05, 4.69) is 10.1 Å². The largest absolute Gasteiger partial charge is 0.380 e. The summed E-state index contributed by atoms with van der Waals surface area (Å²) in [5.74, 6) is -0.408. The number of rotatable bonds is 3. The van der Waals surface area contributed by atoms with Crippen molar-refractivity contribution in [3.8, 4) is 0 Å². The van der Waals surface area contributed by atoms with Crippen molar-refractivity contribution in [1.82, 2.24) is 4.98 Å². The molecule has 0 bridgehead atoms. The molecule has 0 saturated heterocycles. The third-order valence-corrected chi connectivity index (χ3v) is 2.79. The molecular formula is C11H9N3O2S. The Morgan fingerprint density at radius 1 is 1.41 bits per heavy atom. The van der Waals surface area contributed by atoms with Crippen molar-refractivity contribution >= 4 is 23.1 Å². The maximum absolute atomic E-state index is 11.5. The van der Waals surface area contributed by atoms with Crippen molar-refractivity contribution in [3.63, 3.8) is 0 Å². The van der Waals surface area contributed by atoms with Gasteiger partial charge in [0.25, 0.3) is 0 Å². The molecule has 0 aliphatic carbocycles. The van der Waals surface area contributed by atoms with Crippen molar-refractivity contribution in [3.05, 3.63) is 52.5 Å². The number of hydrogen-bond donors (Lipinski definition) is 1. The lowest BCUT2D eigenvalue weighted by molar-refractivity contribution is 0.0515. The van der Waals surface area contributed by atoms with Crippen molar-refractivity contribution in [1.29, 1.82) is 0 Å². The smallest absolute Gasteiger partial charge is 0.367 e. The molecule has 2 N–H and O–H groups in total. The Balaban J connectivity index is 2.04. The van der Waals surface area contributed by atoms with Crippen LogP contribution < -0.4 is 5.73 Å². The number of hydrogen-bond acceptors (Lipinski definition) is 5. The van der Waals surface area contributed by atoms with Crippen LogP contribution in [0.15, 0.2) is 47.2 Å². The van der Waals surface area contributed by atoms with Gasteiger partial charge < -0.3 is 10.6 Å². The molecule has 17 heavy (non-hydrogen) atoms. The van der Waals surface area contributed by atoms with E-state index in [4.69, 9.17) is 10.6 Å². The predicted octanol–water partition coefficient (Wildman–Crippen LogP) is 1.62. The van der Waals surface area contributed by atoms with E-state index in [9.17, 15) is 4.79 Å². The first-order valence-electron chi connectivity index (χ1n) is 4.76. The summed E-state index contributed by atoms with van der Waals surface area (Å²) in [4.78, 5) is 20.8. The van der Waals surface area contributed by atoms with Crippen LogP contribution in [0.25, 0.3) is 0 Å². The first kappa shape index (κ1) is 11.3. The van der Waals surface area contributed by atoms with E-state index >= 15 is 0 Å². The van der Waals surface area contributed by atoms with Gasteiger partial charge in [0.05, 0.1) is 10.4 Å². The Morgan fingerprint density at radius 3 is 2.94 bits per heavy atom. The number of amidine groups is 1. The van der Waals surface area contributed by atoms with E-state index < -0.39 is 5.97 Å².